The van der Waals surface area contributed by atoms with Crippen molar-refractivity contribution in [3.05, 3.63) is 65.2 Å². The van der Waals surface area contributed by atoms with Crippen LogP contribution in [0.2, 0.25) is 0 Å². The Balaban J connectivity index is 1.62. The highest BCUT2D eigenvalue weighted by Gasteiger charge is 2.33. The minimum atomic E-state index is -4.53. The Bertz CT molecular complexity index is 883. The lowest BCUT2D eigenvalue weighted by Crippen LogP contribution is -2.27. The summed E-state index contributed by atoms with van der Waals surface area (Å²) in [5.41, 5.74) is -0.0795. The predicted octanol–water partition coefficient (Wildman–Crippen LogP) is 4.13. The summed E-state index contributed by atoms with van der Waals surface area (Å²) in [5.74, 6) is 0.263. The van der Waals surface area contributed by atoms with Gasteiger partial charge in [-0.2, -0.15) is 13.2 Å². The van der Waals surface area contributed by atoms with Gasteiger partial charge in [0.1, 0.15) is 17.0 Å². The van der Waals surface area contributed by atoms with Gasteiger partial charge in [0.15, 0.2) is 0 Å². The topological polar surface area (TPSA) is 55.1 Å². The Hall–Kier alpha value is -2.83. The van der Waals surface area contributed by atoms with Gasteiger partial charge < -0.3 is 9.73 Å². The molecule has 0 fully saturated rings. The van der Waals surface area contributed by atoms with E-state index in [0.29, 0.717) is 13.0 Å². The Kier molecular flexibility index (Phi) is 4.48. The number of carbonyl (C=O) groups excluding carboxylic acids is 1. The van der Waals surface area contributed by atoms with E-state index < -0.39 is 17.8 Å². The van der Waals surface area contributed by atoms with Gasteiger partial charge in [-0.3, -0.25) is 4.79 Å². The summed E-state index contributed by atoms with van der Waals surface area (Å²) in [6.07, 6.45) is -4.05. The molecular formula is C18H15F3N2O2. The molecule has 0 spiro atoms. The highest BCUT2D eigenvalue weighted by atomic mass is 19.4. The number of halogens is 3. The number of aromatic nitrogens is 1. The molecule has 1 aromatic carbocycles. The molecule has 0 aliphatic heterocycles. The number of hydrogen-bond donors (Lipinski definition) is 1. The molecule has 130 valence electrons. The second kappa shape index (κ2) is 6.58. The molecule has 2 aromatic heterocycles. The lowest BCUT2D eigenvalue weighted by molar-refractivity contribution is -0.141. The van der Waals surface area contributed by atoms with Crippen molar-refractivity contribution in [2.75, 3.05) is 6.54 Å². The molecule has 4 nitrogen and oxygen atoms in total. The molecule has 0 aliphatic rings. The number of para-hydroxylation sites is 1. The van der Waals surface area contributed by atoms with Crippen LogP contribution in [0.15, 0.2) is 46.9 Å². The molecule has 0 aliphatic carbocycles. The predicted molar refractivity (Wildman–Crippen MR) is 86.2 cm³/mol. The highest BCUT2D eigenvalue weighted by molar-refractivity contribution is 5.95. The third-order valence-electron chi connectivity index (χ3n) is 3.75. The van der Waals surface area contributed by atoms with Gasteiger partial charge >= 0.3 is 6.18 Å². The van der Waals surface area contributed by atoms with Crippen LogP contribution < -0.4 is 5.32 Å². The molecule has 2 heterocycles. The summed E-state index contributed by atoms with van der Waals surface area (Å²) in [5, 5.41) is 3.65. The first-order chi connectivity index (χ1) is 11.8. The van der Waals surface area contributed by atoms with E-state index in [1.54, 1.807) is 0 Å². The van der Waals surface area contributed by atoms with Gasteiger partial charge in [0, 0.05) is 18.4 Å². The average Bonchev–Trinajstić information content (AvgIpc) is 2.96. The monoisotopic (exact) mass is 348 g/mol. The van der Waals surface area contributed by atoms with Crippen molar-refractivity contribution < 1.29 is 22.4 Å². The zero-order valence-electron chi connectivity index (χ0n) is 13.4. The number of amides is 1. The Morgan fingerprint density at radius 3 is 2.64 bits per heavy atom. The summed E-state index contributed by atoms with van der Waals surface area (Å²) in [6.45, 7) is 1.68. The largest absolute Gasteiger partial charge is 0.461 e. The SMILES string of the molecule is Cc1nc(C(F)(F)F)ccc1C(=O)NCCc1cc2ccccc2o1. The van der Waals surface area contributed by atoms with Crippen LogP contribution in [0.3, 0.4) is 0 Å². The third-order valence-corrected chi connectivity index (χ3v) is 3.75. The molecule has 0 atom stereocenters. The summed E-state index contributed by atoms with van der Waals surface area (Å²) >= 11 is 0. The number of furan rings is 1. The first-order valence-electron chi connectivity index (χ1n) is 7.65. The van der Waals surface area contributed by atoms with Crippen LogP contribution in [0.4, 0.5) is 13.2 Å². The second-order valence-electron chi connectivity index (χ2n) is 5.58. The first-order valence-corrected chi connectivity index (χ1v) is 7.65. The van der Waals surface area contributed by atoms with Gasteiger partial charge in [-0.1, -0.05) is 18.2 Å². The molecule has 0 unspecified atom stereocenters. The lowest BCUT2D eigenvalue weighted by atomic mass is 10.1. The third kappa shape index (κ3) is 3.81. The van der Waals surface area contributed by atoms with Crippen molar-refractivity contribution in [1.29, 1.82) is 0 Å². The molecule has 0 bridgehead atoms. The number of carbonyl (C=O) groups is 1. The van der Waals surface area contributed by atoms with Gasteiger partial charge in [-0.15, -0.1) is 0 Å². The van der Waals surface area contributed by atoms with Crippen LogP contribution in [0.1, 0.15) is 27.5 Å². The zero-order chi connectivity index (χ0) is 18.0. The normalized spacial score (nSPS) is 11.7. The summed E-state index contributed by atoms with van der Waals surface area (Å²) in [4.78, 5) is 15.6. The van der Waals surface area contributed by atoms with Crippen LogP contribution in [0, 0.1) is 6.92 Å². The Morgan fingerprint density at radius 1 is 1.20 bits per heavy atom. The highest BCUT2D eigenvalue weighted by Crippen LogP contribution is 2.28. The van der Waals surface area contributed by atoms with Gasteiger partial charge in [-0.25, -0.2) is 4.98 Å². The molecule has 7 heteroatoms. The minimum absolute atomic E-state index is 0.0380. The average molecular weight is 348 g/mol. The molecule has 0 saturated carbocycles. The van der Waals surface area contributed by atoms with Gasteiger partial charge in [0.2, 0.25) is 0 Å². The summed E-state index contributed by atoms with van der Waals surface area (Å²) < 4.78 is 43.5. The number of rotatable bonds is 4. The maximum atomic E-state index is 12.6. The number of alkyl halides is 3. The van der Waals surface area contributed by atoms with E-state index in [1.807, 2.05) is 30.3 Å². The van der Waals surface area contributed by atoms with E-state index in [4.69, 9.17) is 4.42 Å². The van der Waals surface area contributed by atoms with Crippen molar-refractivity contribution >= 4 is 16.9 Å². The quantitative estimate of drug-likeness (QED) is 0.771. The molecule has 1 amide bonds. The van der Waals surface area contributed by atoms with Crippen molar-refractivity contribution in [1.82, 2.24) is 10.3 Å². The number of aryl methyl sites for hydroxylation is 1. The number of hydrogen-bond acceptors (Lipinski definition) is 3. The van der Waals surface area contributed by atoms with E-state index in [9.17, 15) is 18.0 Å². The second-order valence-corrected chi connectivity index (χ2v) is 5.58. The maximum Gasteiger partial charge on any atom is 0.433 e. The Labute approximate surface area is 141 Å². The molecule has 3 rings (SSSR count). The van der Waals surface area contributed by atoms with Crippen molar-refractivity contribution in [3.8, 4) is 0 Å². The lowest BCUT2D eigenvalue weighted by Gasteiger charge is -2.10. The van der Waals surface area contributed by atoms with E-state index in [0.717, 1.165) is 28.9 Å². The first kappa shape index (κ1) is 17.0. The molecule has 25 heavy (non-hydrogen) atoms. The van der Waals surface area contributed by atoms with Gasteiger partial charge in [0.25, 0.3) is 5.91 Å². The van der Waals surface area contributed by atoms with Crippen molar-refractivity contribution in [2.45, 2.75) is 19.5 Å². The fourth-order valence-corrected chi connectivity index (χ4v) is 2.51. The van der Waals surface area contributed by atoms with Crippen LogP contribution >= 0.6 is 0 Å². The van der Waals surface area contributed by atoms with Crippen LogP contribution in [0.25, 0.3) is 11.0 Å². The van der Waals surface area contributed by atoms with Crippen LogP contribution in [0.5, 0.6) is 0 Å². The number of pyridine rings is 1. The van der Waals surface area contributed by atoms with Crippen LogP contribution in [-0.4, -0.2) is 17.4 Å². The number of fused-ring (bicyclic) bond motifs is 1. The number of nitrogens with one attached hydrogen (secondary N) is 1. The van der Waals surface area contributed by atoms with E-state index in [1.165, 1.54) is 6.92 Å². The molecule has 0 saturated heterocycles. The minimum Gasteiger partial charge on any atom is -0.461 e. The standard InChI is InChI=1S/C18H15F3N2O2/c1-11-14(6-7-16(23-11)18(19,20)21)17(24)22-9-8-13-10-12-4-2-3-5-15(12)25-13/h2-7,10H,8-9H2,1H3,(H,22,24). The molecule has 0 radical (unpaired) electrons. The van der Waals surface area contributed by atoms with E-state index >= 15 is 0 Å². The fraction of sp³-hybridized carbons (Fsp3) is 0.222. The number of benzene rings is 1. The van der Waals surface area contributed by atoms with Gasteiger partial charge in [0.05, 0.1) is 11.3 Å². The maximum absolute atomic E-state index is 12.6. The van der Waals surface area contributed by atoms with Crippen LogP contribution in [-0.2, 0) is 12.6 Å². The fourth-order valence-electron chi connectivity index (χ4n) is 2.51. The number of nitrogens with zero attached hydrogens (tertiary/aromatic N) is 1. The van der Waals surface area contributed by atoms with Crippen molar-refractivity contribution in [2.24, 2.45) is 0 Å². The summed E-state index contributed by atoms with van der Waals surface area (Å²) in [7, 11) is 0. The zero-order valence-corrected chi connectivity index (χ0v) is 13.4. The van der Waals surface area contributed by atoms with E-state index in [2.05, 4.69) is 10.3 Å². The smallest absolute Gasteiger partial charge is 0.433 e. The van der Waals surface area contributed by atoms with Crippen molar-refractivity contribution in [3.63, 3.8) is 0 Å². The molecule has 3 aromatic rings. The van der Waals surface area contributed by atoms with Gasteiger partial charge in [-0.05, 0) is 31.2 Å². The molecule has 1 N–H and O–H groups in total. The Morgan fingerprint density at radius 2 is 1.96 bits per heavy atom. The summed E-state index contributed by atoms with van der Waals surface area (Å²) in [6, 6.07) is 11.4. The molecular weight excluding hydrogens is 333 g/mol. The van der Waals surface area contributed by atoms with E-state index in [-0.39, 0.29) is 11.3 Å².